The Balaban J connectivity index is 2.76. The number of aliphatic hydroxyl groups excluding tert-OH is 1. The number of hydrogen-bond acceptors (Lipinski definition) is 2. The summed E-state index contributed by atoms with van der Waals surface area (Å²) in [6, 6.07) is 3.69. The molecule has 0 aliphatic heterocycles. The van der Waals surface area contributed by atoms with Gasteiger partial charge in [0.2, 0.25) is 0 Å². The van der Waals surface area contributed by atoms with Crippen LogP contribution in [-0.4, -0.2) is 10.1 Å². The molecule has 0 bridgehead atoms. The lowest BCUT2D eigenvalue weighted by Gasteiger charge is -2.05. The van der Waals surface area contributed by atoms with Gasteiger partial charge in [-0.2, -0.15) is 0 Å². The molecule has 1 rings (SSSR count). The van der Waals surface area contributed by atoms with Crippen LogP contribution in [0.1, 0.15) is 23.8 Å². The molecule has 1 aromatic heterocycles. The van der Waals surface area contributed by atoms with Gasteiger partial charge < -0.3 is 5.11 Å². The van der Waals surface area contributed by atoms with Crippen LogP contribution in [0.15, 0.2) is 18.3 Å². The van der Waals surface area contributed by atoms with Crippen LogP contribution in [-0.2, 0) is 0 Å². The summed E-state index contributed by atoms with van der Waals surface area (Å²) in [5, 5.41) is 9.43. The fourth-order valence-electron chi connectivity index (χ4n) is 0.906. The first-order valence-electron chi connectivity index (χ1n) is 3.78. The number of aliphatic hydroxyl groups is 1. The van der Waals surface area contributed by atoms with E-state index in [4.69, 9.17) is 6.42 Å². The van der Waals surface area contributed by atoms with Gasteiger partial charge in [0.1, 0.15) is 0 Å². The SMILES string of the molecule is C#CCC(O)c1ccc(C)nc1. The average Bonchev–Trinajstić information content (AvgIpc) is 2.06. The van der Waals surface area contributed by atoms with E-state index >= 15 is 0 Å². The molecule has 1 unspecified atom stereocenters. The Hall–Kier alpha value is -1.33. The minimum absolute atomic E-state index is 0.338. The lowest BCUT2D eigenvalue weighted by molar-refractivity contribution is 0.183. The van der Waals surface area contributed by atoms with E-state index in [2.05, 4.69) is 10.9 Å². The van der Waals surface area contributed by atoms with E-state index in [1.165, 1.54) is 0 Å². The molecule has 2 heteroatoms. The highest BCUT2D eigenvalue weighted by Crippen LogP contribution is 2.14. The normalized spacial score (nSPS) is 12.1. The van der Waals surface area contributed by atoms with Crippen molar-refractivity contribution in [2.75, 3.05) is 0 Å². The Morgan fingerprint density at radius 2 is 2.42 bits per heavy atom. The summed E-state index contributed by atoms with van der Waals surface area (Å²) < 4.78 is 0. The largest absolute Gasteiger partial charge is 0.387 e. The van der Waals surface area contributed by atoms with Crippen molar-refractivity contribution in [1.82, 2.24) is 4.98 Å². The minimum atomic E-state index is -0.580. The van der Waals surface area contributed by atoms with Gasteiger partial charge in [0.15, 0.2) is 0 Å². The number of terminal acetylenes is 1. The lowest BCUT2D eigenvalue weighted by Crippen LogP contribution is -1.96. The summed E-state index contributed by atoms with van der Waals surface area (Å²) in [6.45, 7) is 1.90. The number of pyridine rings is 1. The molecule has 0 spiro atoms. The monoisotopic (exact) mass is 161 g/mol. The van der Waals surface area contributed by atoms with Crippen LogP contribution in [0.3, 0.4) is 0 Å². The van der Waals surface area contributed by atoms with E-state index < -0.39 is 6.10 Å². The molecule has 0 aliphatic rings. The lowest BCUT2D eigenvalue weighted by atomic mass is 10.1. The van der Waals surface area contributed by atoms with Crippen LogP contribution in [0.2, 0.25) is 0 Å². The van der Waals surface area contributed by atoms with Gasteiger partial charge in [-0.3, -0.25) is 4.98 Å². The maximum absolute atomic E-state index is 9.43. The summed E-state index contributed by atoms with van der Waals surface area (Å²) >= 11 is 0. The molecule has 1 heterocycles. The number of rotatable bonds is 2. The number of aromatic nitrogens is 1. The molecule has 0 fully saturated rings. The highest BCUT2D eigenvalue weighted by atomic mass is 16.3. The van der Waals surface area contributed by atoms with Crippen molar-refractivity contribution in [3.63, 3.8) is 0 Å². The molecule has 2 nitrogen and oxygen atoms in total. The van der Waals surface area contributed by atoms with Gasteiger partial charge in [-0.15, -0.1) is 12.3 Å². The maximum Gasteiger partial charge on any atom is 0.0913 e. The van der Waals surface area contributed by atoms with Crippen molar-refractivity contribution in [3.05, 3.63) is 29.6 Å². The molecule has 0 amide bonds. The van der Waals surface area contributed by atoms with E-state index in [0.29, 0.717) is 6.42 Å². The van der Waals surface area contributed by atoms with Gasteiger partial charge in [0, 0.05) is 18.3 Å². The molecule has 0 aromatic carbocycles. The molecular weight excluding hydrogens is 150 g/mol. The summed E-state index contributed by atoms with van der Waals surface area (Å²) in [5.74, 6) is 2.40. The predicted molar refractivity (Wildman–Crippen MR) is 47.4 cm³/mol. The topological polar surface area (TPSA) is 33.1 Å². The van der Waals surface area contributed by atoms with Gasteiger partial charge in [-0.25, -0.2) is 0 Å². The van der Waals surface area contributed by atoms with Gasteiger partial charge in [0.25, 0.3) is 0 Å². The first-order chi connectivity index (χ1) is 5.74. The Morgan fingerprint density at radius 1 is 1.67 bits per heavy atom. The van der Waals surface area contributed by atoms with Crippen LogP contribution in [0, 0.1) is 19.3 Å². The van der Waals surface area contributed by atoms with E-state index in [0.717, 1.165) is 11.3 Å². The molecule has 1 aromatic rings. The Bertz CT molecular complexity index is 284. The molecule has 62 valence electrons. The number of hydrogen-bond donors (Lipinski definition) is 1. The first-order valence-corrected chi connectivity index (χ1v) is 3.78. The van der Waals surface area contributed by atoms with E-state index in [-0.39, 0.29) is 0 Å². The highest BCUT2D eigenvalue weighted by Gasteiger charge is 2.04. The second-order valence-electron chi connectivity index (χ2n) is 2.66. The fraction of sp³-hybridized carbons (Fsp3) is 0.300. The smallest absolute Gasteiger partial charge is 0.0913 e. The van der Waals surface area contributed by atoms with Crippen LogP contribution in [0.25, 0.3) is 0 Å². The van der Waals surface area contributed by atoms with Crippen molar-refractivity contribution in [1.29, 1.82) is 0 Å². The average molecular weight is 161 g/mol. The van der Waals surface area contributed by atoms with Crippen molar-refractivity contribution < 1.29 is 5.11 Å². The second-order valence-corrected chi connectivity index (χ2v) is 2.66. The van der Waals surface area contributed by atoms with Crippen molar-refractivity contribution in [2.24, 2.45) is 0 Å². The zero-order chi connectivity index (χ0) is 8.97. The third-order valence-electron chi connectivity index (χ3n) is 1.63. The standard InChI is InChI=1S/C10H11NO/c1-3-4-10(12)9-6-5-8(2)11-7-9/h1,5-7,10,12H,4H2,2H3. The molecule has 0 aliphatic carbocycles. The van der Waals surface area contributed by atoms with Gasteiger partial charge in [-0.1, -0.05) is 6.07 Å². The molecular formula is C10H11NO. The minimum Gasteiger partial charge on any atom is -0.387 e. The predicted octanol–water partition coefficient (Wildman–Crippen LogP) is 1.45. The fourth-order valence-corrected chi connectivity index (χ4v) is 0.906. The van der Waals surface area contributed by atoms with E-state index in [1.54, 1.807) is 6.20 Å². The maximum atomic E-state index is 9.43. The van der Waals surface area contributed by atoms with Crippen LogP contribution in [0.4, 0.5) is 0 Å². The third kappa shape index (κ3) is 2.08. The van der Waals surface area contributed by atoms with Gasteiger partial charge in [-0.05, 0) is 18.6 Å². The molecule has 1 atom stereocenters. The molecule has 12 heavy (non-hydrogen) atoms. The quantitative estimate of drug-likeness (QED) is 0.666. The summed E-state index contributed by atoms with van der Waals surface area (Å²) in [5.41, 5.74) is 1.71. The Morgan fingerprint density at radius 3 is 2.92 bits per heavy atom. The number of nitrogens with zero attached hydrogens (tertiary/aromatic N) is 1. The molecule has 1 N–H and O–H groups in total. The van der Waals surface area contributed by atoms with Gasteiger partial charge >= 0.3 is 0 Å². The van der Waals surface area contributed by atoms with Crippen molar-refractivity contribution >= 4 is 0 Å². The summed E-state index contributed by atoms with van der Waals surface area (Å²) in [7, 11) is 0. The van der Waals surface area contributed by atoms with Crippen LogP contribution >= 0.6 is 0 Å². The van der Waals surface area contributed by atoms with E-state index in [1.807, 2.05) is 19.1 Å². The Kier molecular flexibility index (Phi) is 2.84. The zero-order valence-corrected chi connectivity index (χ0v) is 6.99. The summed E-state index contributed by atoms with van der Waals surface area (Å²) in [6.07, 6.45) is 6.47. The summed E-state index contributed by atoms with van der Waals surface area (Å²) in [4.78, 5) is 4.05. The Labute approximate surface area is 72.3 Å². The van der Waals surface area contributed by atoms with E-state index in [9.17, 15) is 5.11 Å². The number of aryl methyl sites for hydroxylation is 1. The zero-order valence-electron chi connectivity index (χ0n) is 6.99. The van der Waals surface area contributed by atoms with Crippen LogP contribution in [0.5, 0.6) is 0 Å². The molecule has 0 radical (unpaired) electrons. The second kappa shape index (κ2) is 3.89. The van der Waals surface area contributed by atoms with Crippen LogP contribution < -0.4 is 0 Å². The first kappa shape index (κ1) is 8.76. The highest BCUT2D eigenvalue weighted by molar-refractivity contribution is 5.16. The van der Waals surface area contributed by atoms with Crippen molar-refractivity contribution in [2.45, 2.75) is 19.4 Å². The third-order valence-corrected chi connectivity index (χ3v) is 1.63. The molecule has 0 saturated heterocycles. The van der Waals surface area contributed by atoms with Gasteiger partial charge in [0.05, 0.1) is 6.10 Å². The van der Waals surface area contributed by atoms with Crippen molar-refractivity contribution in [3.8, 4) is 12.3 Å². The molecule has 0 saturated carbocycles.